The first kappa shape index (κ1) is 12.8. The minimum absolute atomic E-state index is 0.0492. The molecule has 1 aromatic rings. The molecule has 2 atom stereocenters. The predicted molar refractivity (Wildman–Crippen MR) is 68.4 cm³/mol. The number of carbonyl (C=O) groups excluding carboxylic acids is 1. The Morgan fingerprint density at radius 3 is 2.61 bits per heavy atom. The molecule has 0 saturated carbocycles. The maximum absolute atomic E-state index is 12.7. The monoisotopic (exact) mass is 251 g/mol. The molecule has 0 bridgehead atoms. The van der Waals surface area contributed by atoms with Crippen LogP contribution >= 0.6 is 0 Å². The van der Waals surface area contributed by atoms with Gasteiger partial charge in [-0.15, -0.1) is 0 Å². The van der Waals surface area contributed by atoms with E-state index in [9.17, 15) is 9.18 Å². The first-order chi connectivity index (χ1) is 8.58. The summed E-state index contributed by atoms with van der Waals surface area (Å²) in [6.07, 6.45) is 1.03. The van der Waals surface area contributed by atoms with E-state index >= 15 is 0 Å². The van der Waals surface area contributed by atoms with E-state index in [1.54, 1.807) is 12.1 Å². The second kappa shape index (κ2) is 5.35. The summed E-state index contributed by atoms with van der Waals surface area (Å²) < 4.78 is 12.7. The highest BCUT2D eigenvalue weighted by atomic mass is 19.1. The summed E-state index contributed by atoms with van der Waals surface area (Å²) in [6, 6.07) is 5.75. The lowest BCUT2D eigenvalue weighted by atomic mass is 10.0. The first-order valence-corrected chi connectivity index (χ1v) is 6.09. The van der Waals surface area contributed by atoms with Crippen molar-refractivity contribution in [2.45, 2.75) is 19.4 Å². The third kappa shape index (κ3) is 2.79. The Hall–Kier alpha value is -1.62. The molecule has 2 unspecified atom stereocenters. The number of amides is 1. The maximum Gasteiger partial charge on any atom is 0.255 e. The van der Waals surface area contributed by atoms with Crippen LogP contribution < -0.4 is 10.9 Å². The number of hydrogen-bond donors (Lipinski definition) is 2. The minimum atomic E-state index is -0.295. The van der Waals surface area contributed by atoms with Crippen molar-refractivity contribution in [2.75, 3.05) is 19.0 Å². The van der Waals surface area contributed by atoms with Gasteiger partial charge in [0.25, 0.3) is 5.91 Å². The van der Waals surface area contributed by atoms with Crippen LogP contribution in [0.5, 0.6) is 0 Å². The molecule has 1 heterocycles. The van der Waals surface area contributed by atoms with Gasteiger partial charge in [0.2, 0.25) is 0 Å². The lowest BCUT2D eigenvalue weighted by Gasteiger charge is -2.22. The van der Waals surface area contributed by atoms with Crippen LogP contribution in [0.2, 0.25) is 0 Å². The van der Waals surface area contributed by atoms with Gasteiger partial charge in [0.1, 0.15) is 5.82 Å². The number of nitrogens with one attached hydrogen (secondary N) is 2. The smallest absolute Gasteiger partial charge is 0.255 e. The molecule has 0 aromatic heterocycles. The van der Waals surface area contributed by atoms with E-state index in [-0.39, 0.29) is 17.8 Å². The summed E-state index contributed by atoms with van der Waals surface area (Å²) in [5.41, 5.74) is 6.13. The zero-order valence-corrected chi connectivity index (χ0v) is 10.6. The van der Waals surface area contributed by atoms with Gasteiger partial charge in [-0.3, -0.25) is 20.5 Å². The predicted octanol–water partition coefficient (Wildman–Crippen LogP) is 1.61. The topological polar surface area (TPSA) is 44.4 Å². The molecule has 18 heavy (non-hydrogen) atoms. The zero-order chi connectivity index (χ0) is 13.1. The molecule has 1 aromatic carbocycles. The molecule has 1 aliphatic heterocycles. The molecule has 98 valence electrons. The summed E-state index contributed by atoms with van der Waals surface area (Å²) >= 11 is 0. The summed E-state index contributed by atoms with van der Waals surface area (Å²) in [5, 5.41) is 0. The number of carbonyl (C=O) groups is 1. The molecule has 1 amide bonds. The maximum atomic E-state index is 12.7. The first-order valence-electron chi connectivity index (χ1n) is 6.09. The average Bonchev–Trinajstić information content (AvgIpc) is 2.68. The molecular weight excluding hydrogens is 233 g/mol. The van der Waals surface area contributed by atoms with Crippen LogP contribution in [0.25, 0.3) is 0 Å². The summed E-state index contributed by atoms with van der Waals surface area (Å²) in [7, 11) is 1.95. The average molecular weight is 251 g/mol. The van der Waals surface area contributed by atoms with Crippen LogP contribution in [0.4, 0.5) is 10.1 Å². The summed E-state index contributed by atoms with van der Waals surface area (Å²) in [5.74, 6) is 0.00729. The van der Waals surface area contributed by atoms with E-state index in [4.69, 9.17) is 0 Å². The number of likely N-dealkylation sites (N-methyl/N-ethyl adjacent to an activating group) is 1. The molecule has 0 radical (unpaired) electrons. The number of anilines is 1. The van der Waals surface area contributed by atoms with Crippen LogP contribution in [-0.4, -0.2) is 30.4 Å². The number of hydrazine groups is 1. The number of nitrogens with zero attached hydrogens (tertiary/aromatic N) is 1. The van der Waals surface area contributed by atoms with Crippen molar-refractivity contribution >= 4 is 11.6 Å². The van der Waals surface area contributed by atoms with E-state index in [1.807, 2.05) is 11.9 Å². The highest BCUT2D eigenvalue weighted by molar-refractivity contribution is 5.83. The van der Waals surface area contributed by atoms with Gasteiger partial charge in [-0.1, -0.05) is 6.92 Å². The number of likely N-dealkylation sites (tertiary alicyclic amines) is 1. The normalized spacial score (nSPS) is 23.9. The van der Waals surface area contributed by atoms with Crippen molar-refractivity contribution in [1.29, 1.82) is 0 Å². The molecule has 1 saturated heterocycles. The van der Waals surface area contributed by atoms with Gasteiger partial charge < -0.3 is 0 Å². The van der Waals surface area contributed by atoms with Crippen LogP contribution in [0.15, 0.2) is 24.3 Å². The fourth-order valence-corrected chi connectivity index (χ4v) is 2.34. The van der Waals surface area contributed by atoms with E-state index in [0.29, 0.717) is 11.6 Å². The van der Waals surface area contributed by atoms with E-state index in [1.165, 1.54) is 12.1 Å². The quantitative estimate of drug-likeness (QED) is 0.802. The van der Waals surface area contributed by atoms with E-state index in [0.717, 1.165) is 13.0 Å². The molecule has 2 N–H and O–H groups in total. The number of hydrogen-bond acceptors (Lipinski definition) is 3. The highest BCUT2D eigenvalue weighted by Crippen LogP contribution is 2.22. The number of benzene rings is 1. The standard InChI is InChI=1S/C13H18FN3O/c1-9-7-8-17(2)12(9)13(18)16-15-11-5-3-10(14)4-6-11/h3-6,9,12,15H,7-8H2,1-2H3,(H,16,18). The van der Waals surface area contributed by atoms with E-state index in [2.05, 4.69) is 17.8 Å². The molecule has 1 aliphatic rings. The highest BCUT2D eigenvalue weighted by Gasteiger charge is 2.34. The van der Waals surface area contributed by atoms with Crippen LogP contribution in [0, 0.1) is 11.7 Å². The fraction of sp³-hybridized carbons (Fsp3) is 0.462. The van der Waals surface area contributed by atoms with Gasteiger partial charge in [-0.25, -0.2) is 4.39 Å². The summed E-state index contributed by atoms with van der Waals surface area (Å²) in [4.78, 5) is 14.1. The van der Waals surface area contributed by atoms with Gasteiger partial charge in [0.05, 0.1) is 11.7 Å². The molecule has 5 heteroatoms. The number of rotatable bonds is 3. The van der Waals surface area contributed by atoms with Gasteiger partial charge in [0.15, 0.2) is 0 Å². The Bertz CT molecular complexity index is 411. The van der Waals surface area contributed by atoms with Crippen molar-refractivity contribution in [3.05, 3.63) is 30.1 Å². The Morgan fingerprint density at radius 2 is 2.06 bits per heavy atom. The second-order valence-electron chi connectivity index (χ2n) is 4.81. The van der Waals surface area contributed by atoms with Crippen molar-refractivity contribution < 1.29 is 9.18 Å². The second-order valence-corrected chi connectivity index (χ2v) is 4.81. The third-order valence-corrected chi connectivity index (χ3v) is 3.39. The van der Waals surface area contributed by atoms with Gasteiger partial charge in [-0.2, -0.15) is 0 Å². The Morgan fingerprint density at radius 1 is 1.39 bits per heavy atom. The van der Waals surface area contributed by atoms with Gasteiger partial charge in [-0.05, 0) is 50.2 Å². The Kier molecular flexibility index (Phi) is 3.81. The third-order valence-electron chi connectivity index (χ3n) is 3.39. The van der Waals surface area contributed by atoms with Crippen LogP contribution in [-0.2, 0) is 4.79 Å². The molecular formula is C13H18FN3O. The van der Waals surface area contributed by atoms with Crippen molar-refractivity contribution in [3.8, 4) is 0 Å². The molecule has 2 rings (SSSR count). The molecule has 1 fully saturated rings. The zero-order valence-electron chi connectivity index (χ0n) is 10.6. The lowest BCUT2D eigenvalue weighted by Crippen LogP contribution is -2.46. The Labute approximate surface area is 106 Å². The number of halogens is 1. The van der Waals surface area contributed by atoms with Crippen LogP contribution in [0.3, 0.4) is 0 Å². The molecule has 0 aliphatic carbocycles. The van der Waals surface area contributed by atoms with Crippen LogP contribution in [0.1, 0.15) is 13.3 Å². The van der Waals surface area contributed by atoms with Crippen molar-refractivity contribution in [3.63, 3.8) is 0 Å². The largest absolute Gasteiger partial charge is 0.299 e. The fourth-order valence-electron chi connectivity index (χ4n) is 2.34. The van der Waals surface area contributed by atoms with Crippen molar-refractivity contribution in [2.24, 2.45) is 5.92 Å². The van der Waals surface area contributed by atoms with Gasteiger partial charge >= 0.3 is 0 Å². The Balaban J connectivity index is 1.90. The molecule has 0 spiro atoms. The lowest BCUT2D eigenvalue weighted by molar-refractivity contribution is -0.125. The molecule has 4 nitrogen and oxygen atoms in total. The van der Waals surface area contributed by atoms with E-state index < -0.39 is 0 Å². The van der Waals surface area contributed by atoms with Crippen molar-refractivity contribution in [1.82, 2.24) is 10.3 Å². The minimum Gasteiger partial charge on any atom is -0.299 e. The summed E-state index contributed by atoms with van der Waals surface area (Å²) in [6.45, 7) is 3.02. The SMILES string of the molecule is CC1CCN(C)C1C(=O)NNc1ccc(F)cc1. The van der Waals surface area contributed by atoms with Gasteiger partial charge in [0, 0.05) is 0 Å².